The van der Waals surface area contributed by atoms with Gasteiger partial charge in [-0.1, -0.05) is 29.8 Å². The lowest BCUT2D eigenvalue weighted by atomic mass is 10.1. The largest absolute Gasteiger partial charge is 0.508 e. The van der Waals surface area contributed by atoms with Crippen molar-refractivity contribution in [2.75, 3.05) is 0 Å². The molecule has 0 amide bonds. The summed E-state index contributed by atoms with van der Waals surface area (Å²) in [5, 5.41) is 10.7. The number of aromatic hydroxyl groups is 1. The molecule has 5 heteroatoms. The van der Waals surface area contributed by atoms with Crippen LogP contribution in [0.2, 0.25) is 5.02 Å². The number of benzene rings is 2. The fraction of sp³-hybridized carbons (Fsp3) is 0.118. The molecule has 0 aliphatic heterocycles. The molecule has 112 valence electrons. The van der Waals surface area contributed by atoms with E-state index in [0.29, 0.717) is 10.6 Å². The van der Waals surface area contributed by atoms with Gasteiger partial charge in [0, 0.05) is 27.6 Å². The Balaban J connectivity index is 1.67. The molecule has 1 N–H and O–H groups in total. The molecule has 0 spiro atoms. The number of furan rings is 1. The number of carbonyl (C=O) groups excluding carboxylic acids is 1. The average molecular weight is 317 g/mol. The number of phenolic OH excluding ortho intramolecular Hbond substituents is 1. The maximum absolute atomic E-state index is 11.9. The Hall–Kier alpha value is -2.46. The molecule has 0 aliphatic carbocycles. The second-order valence-electron chi connectivity index (χ2n) is 4.87. The van der Waals surface area contributed by atoms with Gasteiger partial charge in [0.1, 0.15) is 17.9 Å². The molecule has 1 heterocycles. The molecule has 0 unspecified atom stereocenters. The minimum absolute atomic E-state index is 0.0994. The Morgan fingerprint density at radius 2 is 2.00 bits per heavy atom. The van der Waals surface area contributed by atoms with E-state index in [2.05, 4.69) is 0 Å². The number of rotatable bonds is 4. The molecular formula is C17H13ClO4. The van der Waals surface area contributed by atoms with Crippen LogP contribution in [0.4, 0.5) is 0 Å². The number of ether oxygens (including phenoxy) is 1. The van der Waals surface area contributed by atoms with Gasteiger partial charge in [0.05, 0.1) is 12.7 Å². The van der Waals surface area contributed by atoms with Crippen LogP contribution in [-0.2, 0) is 22.6 Å². The zero-order chi connectivity index (χ0) is 15.5. The van der Waals surface area contributed by atoms with Crippen LogP contribution in [0.5, 0.6) is 5.75 Å². The molecule has 0 saturated carbocycles. The zero-order valence-corrected chi connectivity index (χ0v) is 12.3. The SMILES string of the molecule is O=C(Cc1coc2cc(O)ccc12)OCc1ccccc1Cl. The summed E-state index contributed by atoms with van der Waals surface area (Å²) < 4.78 is 10.6. The number of hydrogen-bond acceptors (Lipinski definition) is 4. The van der Waals surface area contributed by atoms with Crippen molar-refractivity contribution >= 4 is 28.5 Å². The smallest absolute Gasteiger partial charge is 0.310 e. The molecule has 3 aromatic rings. The molecule has 1 aromatic heterocycles. The quantitative estimate of drug-likeness (QED) is 0.737. The summed E-state index contributed by atoms with van der Waals surface area (Å²) in [6.07, 6.45) is 1.60. The Morgan fingerprint density at radius 3 is 2.82 bits per heavy atom. The second-order valence-corrected chi connectivity index (χ2v) is 5.28. The first kappa shape index (κ1) is 14.5. The Kier molecular flexibility index (Phi) is 4.02. The fourth-order valence-corrected chi connectivity index (χ4v) is 2.38. The van der Waals surface area contributed by atoms with E-state index in [4.69, 9.17) is 20.8 Å². The highest BCUT2D eigenvalue weighted by Gasteiger charge is 2.12. The van der Waals surface area contributed by atoms with Gasteiger partial charge >= 0.3 is 5.97 Å². The van der Waals surface area contributed by atoms with Crippen molar-refractivity contribution in [3.63, 3.8) is 0 Å². The van der Waals surface area contributed by atoms with Gasteiger partial charge in [-0.15, -0.1) is 0 Å². The number of hydrogen-bond donors (Lipinski definition) is 1. The summed E-state index contributed by atoms with van der Waals surface area (Å²) in [6.45, 7) is 0.134. The van der Waals surface area contributed by atoms with Crippen molar-refractivity contribution < 1.29 is 19.1 Å². The first-order chi connectivity index (χ1) is 10.6. The summed E-state index contributed by atoms with van der Waals surface area (Å²) in [7, 11) is 0. The monoisotopic (exact) mass is 316 g/mol. The highest BCUT2D eigenvalue weighted by Crippen LogP contribution is 2.25. The van der Waals surface area contributed by atoms with E-state index in [1.54, 1.807) is 18.2 Å². The molecule has 0 aliphatic rings. The number of fused-ring (bicyclic) bond motifs is 1. The first-order valence-corrected chi connectivity index (χ1v) is 7.09. The van der Waals surface area contributed by atoms with Gasteiger partial charge in [-0.05, 0) is 18.2 Å². The number of carbonyl (C=O) groups is 1. The first-order valence-electron chi connectivity index (χ1n) is 6.71. The lowest BCUT2D eigenvalue weighted by Crippen LogP contribution is -2.07. The van der Waals surface area contributed by atoms with Crippen LogP contribution in [0.1, 0.15) is 11.1 Å². The molecule has 4 nitrogen and oxygen atoms in total. The van der Waals surface area contributed by atoms with Crippen LogP contribution < -0.4 is 0 Å². The molecule has 2 aromatic carbocycles. The summed E-state index contributed by atoms with van der Waals surface area (Å²) >= 11 is 6.01. The molecule has 0 atom stereocenters. The lowest BCUT2D eigenvalue weighted by molar-refractivity contribution is -0.144. The van der Waals surface area contributed by atoms with Crippen LogP contribution in [0, 0.1) is 0 Å². The summed E-state index contributed by atoms with van der Waals surface area (Å²) in [5.41, 5.74) is 2.02. The minimum Gasteiger partial charge on any atom is -0.508 e. The standard InChI is InChI=1S/C17H13ClO4/c18-15-4-2-1-3-11(15)9-22-17(20)7-12-10-21-16-8-13(19)5-6-14(12)16/h1-6,8,10,19H,7,9H2. The van der Waals surface area contributed by atoms with Crippen molar-refractivity contribution in [2.45, 2.75) is 13.0 Å². The van der Waals surface area contributed by atoms with E-state index in [9.17, 15) is 9.90 Å². The van der Waals surface area contributed by atoms with E-state index >= 15 is 0 Å². The molecule has 3 rings (SSSR count). The highest BCUT2D eigenvalue weighted by atomic mass is 35.5. The van der Waals surface area contributed by atoms with Gasteiger partial charge < -0.3 is 14.3 Å². The van der Waals surface area contributed by atoms with E-state index in [1.165, 1.54) is 12.3 Å². The predicted octanol–water partition coefficient (Wildman–Crippen LogP) is 4.08. The minimum atomic E-state index is -0.365. The highest BCUT2D eigenvalue weighted by molar-refractivity contribution is 6.31. The van der Waals surface area contributed by atoms with Gasteiger partial charge in [-0.25, -0.2) is 0 Å². The summed E-state index contributed by atoms with van der Waals surface area (Å²) in [4.78, 5) is 11.9. The second kappa shape index (κ2) is 6.12. The van der Waals surface area contributed by atoms with Crippen molar-refractivity contribution in [1.29, 1.82) is 0 Å². The summed E-state index contributed by atoms with van der Waals surface area (Å²) in [5.74, 6) is -0.245. The normalized spacial score (nSPS) is 10.8. The third-order valence-corrected chi connectivity index (χ3v) is 3.69. The Labute approximate surface area is 131 Å². The predicted molar refractivity (Wildman–Crippen MR) is 82.8 cm³/mol. The molecule has 0 fully saturated rings. The van der Waals surface area contributed by atoms with Gasteiger partial charge in [-0.2, -0.15) is 0 Å². The maximum atomic E-state index is 11.9. The Bertz CT molecular complexity index is 822. The van der Waals surface area contributed by atoms with Crippen molar-refractivity contribution in [3.8, 4) is 5.75 Å². The van der Waals surface area contributed by atoms with Crippen molar-refractivity contribution in [1.82, 2.24) is 0 Å². The molecular weight excluding hydrogens is 304 g/mol. The Morgan fingerprint density at radius 1 is 1.18 bits per heavy atom. The van der Waals surface area contributed by atoms with Crippen LogP contribution in [0.3, 0.4) is 0 Å². The van der Waals surface area contributed by atoms with Crippen LogP contribution in [0.25, 0.3) is 11.0 Å². The number of halogens is 1. The van der Waals surface area contributed by atoms with E-state index in [-0.39, 0.29) is 24.7 Å². The van der Waals surface area contributed by atoms with Gasteiger partial charge in [0.2, 0.25) is 0 Å². The molecule has 22 heavy (non-hydrogen) atoms. The fourth-order valence-electron chi connectivity index (χ4n) is 2.19. The molecule has 0 bridgehead atoms. The molecule has 0 radical (unpaired) electrons. The van der Waals surface area contributed by atoms with Gasteiger partial charge in [0.25, 0.3) is 0 Å². The summed E-state index contributed by atoms with van der Waals surface area (Å²) in [6, 6.07) is 12.0. The third-order valence-electron chi connectivity index (χ3n) is 3.32. The van der Waals surface area contributed by atoms with Crippen LogP contribution in [0.15, 0.2) is 53.1 Å². The number of esters is 1. The van der Waals surface area contributed by atoms with Crippen LogP contribution in [-0.4, -0.2) is 11.1 Å². The van der Waals surface area contributed by atoms with Crippen molar-refractivity contribution in [2.24, 2.45) is 0 Å². The maximum Gasteiger partial charge on any atom is 0.310 e. The molecule has 0 saturated heterocycles. The van der Waals surface area contributed by atoms with E-state index in [1.807, 2.05) is 18.2 Å². The number of phenols is 1. The van der Waals surface area contributed by atoms with E-state index in [0.717, 1.165) is 16.5 Å². The van der Waals surface area contributed by atoms with Gasteiger partial charge in [0.15, 0.2) is 0 Å². The van der Waals surface area contributed by atoms with Gasteiger partial charge in [-0.3, -0.25) is 4.79 Å². The lowest BCUT2D eigenvalue weighted by Gasteiger charge is -2.06. The van der Waals surface area contributed by atoms with Crippen LogP contribution >= 0.6 is 11.6 Å². The van der Waals surface area contributed by atoms with Crippen molar-refractivity contribution in [3.05, 3.63) is 64.9 Å². The van der Waals surface area contributed by atoms with E-state index < -0.39 is 0 Å². The third kappa shape index (κ3) is 3.07. The average Bonchev–Trinajstić information content (AvgIpc) is 2.88. The zero-order valence-electron chi connectivity index (χ0n) is 11.6. The topological polar surface area (TPSA) is 59.7 Å².